The van der Waals surface area contributed by atoms with Crippen LogP contribution in [-0.2, 0) is 16.6 Å². The second kappa shape index (κ2) is 7.20. The Kier molecular flexibility index (Phi) is 5.57. The van der Waals surface area contributed by atoms with Crippen molar-refractivity contribution in [3.63, 3.8) is 0 Å². The van der Waals surface area contributed by atoms with Crippen LogP contribution in [-0.4, -0.2) is 32.4 Å². The minimum Gasteiger partial charge on any atom is -0.313 e. The molecule has 1 aliphatic heterocycles. The van der Waals surface area contributed by atoms with E-state index in [2.05, 4.69) is 12.2 Å². The van der Waals surface area contributed by atoms with Gasteiger partial charge in [0.15, 0.2) is 0 Å². The molecule has 1 N–H and O–H groups in total. The van der Waals surface area contributed by atoms with E-state index in [0.29, 0.717) is 18.0 Å². The Hall–Kier alpha value is -0.910. The molecule has 1 aliphatic rings. The molecule has 0 atom stereocenters. The van der Waals surface area contributed by atoms with Crippen LogP contribution in [0.25, 0.3) is 0 Å². The summed E-state index contributed by atoms with van der Waals surface area (Å²) in [6.07, 6.45) is 4.21. The highest BCUT2D eigenvalue weighted by atomic mass is 32.2. The first-order valence-corrected chi connectivity index (χ1v) is 8.88. The third kappa shape index (κ3) is 3.81. The highest BCUT2D eigenvalue weighted by Crippen LogP contribution is 2.20. The zero-order chi connectivity index (χ0) is 14.4. The van der Waals surface area contributed by atoms with Crippen LogP contribution in [0.1, 0.15) is 38.2 Å². The SMILES string of the molecule is CCNCc1ccc(S(=O)(=O)N2CCCCCC2)cc1. The molecule has 2 rings (SSSR count). The molecule has 112 valence electrons. The molecule has 1 saturated heterocycles. The van der Waals surface area contributed by atoms with Crippen LogP contribution < -0.4 is 5.32 Å². The van der Waals surface area contributed by atoms with Gasteiger partial charge in [0.1, 0.15) is 0 Å². The number of nitrogens with zero attached hydrogens (tertiary/aromatic N) is 1. The number of nitrogens with one attached hydrogen (secondary N) is 1. The van der Waals surface area contributed by atoms with Gasteiger partial charge in [0, 0.05) is 19.6 Å². The number of hydrogen-bond acceptors (Lipinski definition) is 3. The number of benzene rings is 1. The van der Waals surface area contributed by atoms with E-state index in [0.717, 1.165) is 44.3 Å². The number of rotatable bonds is 5. The summed E-state index contributed by atoms with van der Waals surface area (Å²) in [6.45, 7) is 5.05. The van der Waals surface area contributed by atoms with Crippen molar-refractivity contribution in [1.82, 2.24) is 9.62 Å². The third-order valence-corrected chi connectivity index (χ3v) is 5.62. The Balaban J connectivity index is 2.12. The second-order valence-electron chi connectivity index (χ2n) is 5.24. The Morgan fingerprint density at radius 1 is 1.05 bits per heavy atom. The van der Waals surface area contributed by atoms with Crippen molar-refractivity contribution in [2.24, 2.45) is 0 Å². The quantitative estimate of drug-likeness (QED) is 0.907. The average Bonchev–Trinajstić information content (AvgIpc) is 2.75. The summed E-state index contributed by atoms with van der Waals surface area (Å²) < 4.78 is 26.8. The maximum Gasteiger partial charge on any atom is 0.243 e. The fourth-order valence-electron chi connectivity index (χ4n) is 2.48. The molecule has 1 aromatic rings. The highest BCUT2D eigenvalue weighted by molar-refractivity contribution is 7.89. The van der Waals surface area contributed by atoms with Crippen molar-refractivity contribution in [3.05, 3.63) is 29.8 Å². The van der Waals surface area contributed by atoms with E-state index in [1.54, 1.807) is 16.4 Å². The standard InChI is InChI=1S/C15H24N2O2S/c1-2-16-13-14-7-9-15(10-8-14)20(18,19)17-11-5-3-4-6-12-17/h7-10,16H,2-6,11-13H2,1H3. The van der Waals surface area contributed by atoms with Crippen molar-refractivity contribution in [3.8, 4) is 0 Å². The van der Waals surface area contributed by atoms with Crippen LogP contribution in [0.5, 0.6) is 0 Å². The summed E-state index contributed by atoms with van der Waals surface area (Å²) in [5.41, 5.74) is 1.11. The first kappa shape index (κ1) is 15.5. The zero-order valence-electron chi connectivity index (χ0n) is 12.1. The summed E-state index contributed by atoms with van der Waals surface area (Å²) in [5.74, 6) is 0. The maximum absolute atomic E-state index is 12.6. The van der Waals surface area contributed by atoms with E-state index < -0.39 is 10.0 Å². The fraction of sp³-hybridized carbons (Fsp3) is 0.600. The van der Waals surface area contributed by atoms with Crippen LogP contribution in [0.3, 0.4) is 0 Å². The van der Waals surface area contributed by atoms with Gasteiger partial charge in [-0.2, -0.15) is 4.31 Å². The zero-order valence-corrected chi connectivity index (χ0v) is 13.0. The fourth-order valence-corrected chi connectivity index (χ4v) is 4.00. The largest absolute Gasteiger partial charge is 0.313 e. The molecule has 0 unspecified atom stereocenters. The molecule has 0 saturated carbocycles. The predicted molar refractivity (Wildman–Crippen MR) is 81.0 cm³/mol. The van der Waals surface area contributed by atoms with Crippen LogP contribution in [0, 0.1) is 0 Å². The summed E-state index contributed by atoms with van der Waals surface area (Å²) in [6, 6.07) is 7.25. The molecule has 0 spiro atoms. The first-order valence-electron chi connectivity index (χ1n) is 7.44. The van der Waals surface area contributed by atoms with Crippen LogP contribution in [0.4, 0.5) is 0 Å². The van der Waals surface area contributed by atoms with Gasteiger partial charge in [-0.05, 0) is 37.1 Å². The molecular weight excluding hydrogens is 272 g/mol. The van der Waals surface area contributed by atoms with Gasteiger partial charge in [-0.25, -0.2) is 8.42 Å². The molecule has 4 nitrogen and oxygen atoms in total. The van der Waals surface area contributed by atoms with Gasteiger partial charge in [0.25, 0.3) is 0 Å². The van der Waals surface area contributed by atoms with Gasteiger partial charge in [-0.3, -0.25) is 0 Å². The van der Waals surface area contributed by atoms with Crippen LogP contribution in [0.2, 0.25) is 0 Å². The lowest BCUT2D eigenvalue weighted by atomic mass is 10.2. The molecule has 0 radical (unpaired) electrons. The molecule has 20 heavy (non-hydrogen) atoms. The van der Waals surface area contributed by atoms with Crippen molar-refractivity contribution in [2.45, 2.75) is 44.0 Å². The lowest BCUT2D eigenvalue weighted by Gasteiger charge is -2.20. The number of sulfonamides is 1. The van der Waals surface area contributed by atoms with Gasteiger partial charge >= 0.3 is 0 Å². The molecule has 1 heterocycles. The maximum atomic E-state index is 12.6. The van der Waals surface area contributed by atoms with Gasteiger partial charge in [0.2, 0.25) is 10.0 Å². The molecular formula is C15H24N2O2S. The molecule has 0 amide bonds. The van der Waals surface area contributed by atoms with E-state index in [4.69, 9.17) is 0 Å². The molecule has 0 aromatic heterocycles. The van der Waals surface area contributed by atoms with E-state index in [1.165, 1.54) is 0 Å². The Bertz CT molecular complexity index is 503. The third-order valence-electron chi connectivity index (χ3n) is 3.71. The Morgan fingerprint density at radius 2 is 1.65 bits per heavy atom. The van der Waals surface area contributed by atoms with Crippen molar-refractivity contribution >= 4 is 10.0 Å². The molecule has 1 aromatic carbocycles. The van der Waals surface area contributed by atoms with Crippen molar-refractivity contribution in [2.75, 3.05) is 19.6 Å². The van der Waals surface area contributed by atoms with E-state index in [9.17, 15) is 8.42 Å². The highest BCUT2D eigenvalue weighted by Gasteiger charge is 2.24. The second-order valence-corrected chi connectivity index (χ2v) is 7.18. The van der Waals surface area contributed by atoms with E-state index in [-0.39, 0.29) is 0 Å². The summed E-state index contributed by atoms with van der Waals surface area (Å²) in [5, 5.41) is 3.23. The van der Waals surface area contributed by atoms with E-state index >= 15 is 0 Å². The van der Waals surface area contributed by atoms with Gasteiger partial charge in [-0.15, -0.1) is 0 Å². The smallest absolute Gasteiger partial charge is 0.243 e. The van der Waals surface area contributed by atoms with Gasteiger partial charge in [0.05, 0.1) is 4.90 Å². The topological polar surface area (TPSA) is 49.4 Å². The molecule has 1 fully saturated rings. The van der Waals surface area contributed by atoms with Gasteiger partial charge in [-0.1, -0.05) is 31.9 Å². The van der Waals surface area contributed by atoms with E-state index in [1.807, 2.05) is 12.1 Å². The van der Waals surface area contributed by atoms with Crippen LogP contribution >= 0.6 is 0 Å². The average molecular weight is 296 g/mol. The van der Waals surface area contributed by atoms with Gasteiger partial charge < -0.3 is 5.32 Å². The summed E-state index contributed by atoms with van der Waals surface area (Å²) >= 11 is 0. The van der Waals surface area contributed by atoms with Crippen LogP contribution in [0.15, 0.2) is 29.2 Å². The summed E-state index contributed by atoms with van der Waals surface area (Å²) in [7, 11) is -3.31. The number of hydrogen-bond donors (Lipinski definition) is 1. The molecule has 5 heteroatoms. The summed E-state index contributed by atoms with van der Waals surface area (Å²) in [4.78, 5) is 0.416. The lowest BCUT2D eigenvalue weighted by molar-refractivity contribution is 0.423. The van der Waals surface area contributed by atoms with Crippen molar-refractivity contribution in [1.29, 1.82) is 0 Å². The minimum absolute atomic E-state index is 0.416. The lowest BCUT2D eigenvalue weighted by Crippen LogP contribution is -2.31. The minimum atomic E-state index is -3.31. The normalized spacial score (nSPS) is 17.9. The Morgan fingerprint density at radius 3 is 2.20 bits per heavy atom. The Labute approximate surface area is 122 Å². The monoisotopic (exact) mass is 296 g/mol. The van der Waals surface area contributed by atoms with Crippen molar-refractivity contribution < 1.29 is 8.42 Å². The molecule has 0 aliphatic carbocycles. The molecule has 0 bridgehead atoms. The first-order chi connectivity index (χ1) is 9.64. The predicted octanol–water partition coefficient (Wildman–Crippen LogP) is 2.36.